The molecule has 2 N–H and O–H groups in total. The Balaban J connectivity index is 0.00000280. The number of ether oxygens (including phenoxy) is 1. The number of fused-ring (bicyclic) bond motifs is 1. The van der Waals surface area contributed by atoms with Gasteiger partial charge in [0.1, 0.15) is 11.9 Å². The number of guanidine groups is 1. The molecule has 1 aliphatic heterocycles. The summed E-state index contributed by atoms with van der Waals surface area (Å²) in [6.07, 6.45) is 5.02. The number of benzene rings is 1. The van der Waals surface area contributed by atoms with Gasteiger partial charge in [0.05, 0.1) is 25.3 Å². The van der Waals surface area contributed by atoms with Crippen LogP contribution in [0.5, 0.6) is 5.75 Å². The van der Waals surface area contributed by atoms with Crippen LogP contribution in [-0.2, 0) is 13.5 Å². The summed E-state index contributed by atoms with van der Waals surface area (Å²) < 4.78 is 7.83. The maximum Gasteiger partial charge on any atom is 0.191 e. The Hall–Kier alpha value is -1.81. The number of likely N-dealkylation sites (N-methyl/N-ethyl adjacent to an activating group) is 1. The van der Waals surface area contributed by atoms with Crippen LogP contribution in [0.4, 0.5) is 0 Å². The number of hydrogen-bond acceptors (Lipinski definition) is 4. The van der Waals surface area contributed by atoms with Gasteiger partial charge in [-0.25, -0.2) is 0 Å². The first-order valence-corrected chi connectivity index (χ1v) is 9.48. The first-order valence-electron chi connectivity index (χ1n) is 9.48. The molecule has 0 saturated carbocycles. The minimum absolute atomic E-state index is 0. The van der Waals surface area contributed by atoms with Gasteiger partial charge in [-0.3, -0.25) is 9.67 Å². The van der Waals surface area contributed by atoms with E-state index in [0.717, 1.165) is 36.8 Å². The number of hydrogen-bond donors (Lipinski definition) is 2. The largest absolute Gasteiger partial charge is 0.488 e. The zero-order valence-electron chi connectivity index (χ0n) is 17.1. The zero-order valence-corrected chi connectivity index (χ0v) is 19.4. The Bertz CT molecular complexity index is 751. The molecule has 2 aromatic rings. The summed E-state index contributed by atoms with van der Waals surface area (Å²) in [5.41, 5.74) is 2.44. The van der Waals surface area contributed by atoms with Crippen molar-refractivity contribution in [3.05, 3.63) is 47.8 Å². The minimum Gasteiger partial charge on any atom is -0.488 e. The van der Waals surface area contributed by atoms with Gasteiger partial charge in [-0.1, -0.05) is 18.2 Å². The maximum absolute atomic E-state index is 6.01. The molecule has 1 aromatic carbocycles. The molecular weight excluding hydrogens is 467 g/mol. The molecule has 0 aliphatic carbocycles. The fourth-order valence-corrected chi connectivity index (χ4v) is 3.28. The molecule has 0 amide bonds. The fraction of sp³-hybridized carbons (Fsp3) is 0.500. The van der Waals surface area contributed by atoms with Crippen LogP contribution in [0.1, 0.15) is 24.1 Å². The first kappa shape index (κ1) is 22.5. The van der Waals surface area contributed by atoms with Gasteiger partial charge in [0.25, 0.3) is 0 Å². The van der Waals surface area contributed by atoms with Gasteiger partial charge in [0.2, 0.25) is 0 Å². The van der Waals surface area contributed by atoms with Crippen molar-refractivity contribution >= 4 is 29.9 Å². The van der Waals surface area contributed by atoms with Crippen molar-refractivity contribution in [2.45, 2.75) is 25.5 Å². The van der Waals surface area contributed by atoms with Crippen LogP contribution in [0.25, 0.3) is 0 Å². The van der Waals surface area contributed by atoms with Crippen molar-refractivity contribution in [2.75, 3.05) is 33.7 Å². The van der Waals surface area contributed by atoms with E-state index in [-0.39, 0.29) is 36.1 Å². The lowest BCUT2D eigenvalue weighted by Gasteiger charge is -2.22. The van der Waals surface area contributed by atoms with Gasteiger partial charge >= 0.3 is 0 Å². The van der Waals surface area contributed by atoms with Gasteiger partial charge in [0, 0.05) is 31.8 Å². The average Bonchev–Trinajstić information content (AvgIpc) is 3.25. The molecule has 8 heteroatoms. The van der Waals surface area contributed by atoms with Crippen molar-refractivity contribution < 1.29 is 4.74 Å². The van der Waals surface area contributed by atoms with Crippen molar-refractivity contribution in [1.82, 2.24) is 25.3 Å². The number of aryl methyl sites for hydroxylation is 1. The molecule has 1 aromatic heterocycles. The van der Waals surface area contributed by atoms with E-state index in [0.29, 0.717) is 6.54 Å². The van der Waals surface area contributed by atoms with Gasteiger partial charge < -0.3 is 20.3 Å². The van der Waals surface area contributed by atoms with Gasteiger partial charge in [0.15, 0.2) is 5.96 Å². The lowest BCUT2D eigenvalue weighted by molar-refractivity contribution is 0.234. The molecule has 2 unspecified atom stereocenters. The first-order chi connectivity index (χ1) is 13.1. The van der Waals surface area contributed by atoms with Crippen LogP contribution in [-0.4, -0.2) is 60.5 Å². The van der Waals surface area contributed by atoms with Crippen LogP contribution in [0.2, 0.25) is 0 Å². The Morgan fingerprint density at radius 2 is 2.14 bits per heavy atom. The number of nitrogens with zero attached hydrogens (tertiary/aromatic N) is 4. The second-order valence-electron chi connectivity index (χ2n) is 7.08. The fourth-order valence-electron chi connectivity index (χ4n) is 3.28. The summed E-state index contributed by atoms with van der Waals surface area (Å²) in [5.74, 6) is 1.81. The van der Waals surface area contributed by atoms with Crippen molar-refractivity contribution in [2.24, 2.45) is 12.0 Å². The van der Waals surface area contributed by atoms with Gasteiger partial charge in [-0.2, -0.15) is 5.10 Å². The third-order valence-electron chi connectivity index (χ3n) is 4.71. The molecule has 0 radical (unpaired) electrons. The lowest BCUT2D eigenvalue weighted by Crippen LogP contribution is -2.42. The highest BCUT2D eigenvalue weighted by Crippen LogP contribution is 2.27. The molecular formula is C20H31IN6O. The molecule has 2 atom stereocenters. The van der Waals surface area contributed by atoms with Gasteiger partial charge in [-0.15, -0.1) is 24.0 Å². The summed E-state index contributed by atoms with van der Waals surface area (Å²) in [4.78, 5) is 6.96. The summed E-state index contributed by atoms with van der Waals surface area (Å²) >= 11 is 0. The quantitative estimate of drug-likeness (QED) is 0.348. The molecule has 154 valence electrons. The average molecular weight is 498 g/mol. The number of halogens is 1. The second kappa shape index (κ2) is 10.7. The number of aliphatic imine (C=N–C) groups is 1. The van der Waals surface area contributed by atoms with Crippen LogP contribution >= 0.6 is 24.0 Å². The van der Waals surface area contributed by atoms with Crippen LogP contribution < -0.4 is 15.4 Å². The molecule has 7 nitrogen and oxygen atoms in total. The third kappa shape index (κ3) is 5.84. The van der Waals surface area contributed by atoms with E-state index in [9.17, 15) is 0 Å². The maximum atomic E-state index is 6.01. The smallest absolute Gasteiger partial charge is 0.191 e. The highest BCUT2D eigenvalue weighted by molar-refractivity contribution is 14.0. The molecule has 0 saturated heterocycles. The van der Waals surface area contributed by atoms with Crippen molar-refractivity contribution in [3.63, 3.8) is 0 Å². The standard InChI is InChI=1S/C20H30N6O.HI/c1-5-21-20(22-12-17-10-15-8-6-7-9-19(15)27-17)23-13-18(25(2)3)16-11-24-26(4)14-16;/h6-9,11,14,17-18H,5,10,12-13H2,1-4H3,(H2,21,22,23);1H. The van der Waals surface area contributed by atoms with Crippen LogP contribution in [0, 0.1) is 0 Å². The topological polar surface area (TPSA) is 66.7 Å². The summed E-state index contributed by atoms with van der Waals surface area (Å²) in [7, 11) is 6.07. The predicted octanol–water partition coefficient (Wildman–Crippen LogP) is 2.20. The summed E-state index contributed by atoms with van der Waals surface area (Å²) in [6.45, 7) is 4.26. The molecule has 1 aliphatic rings. The number of para-hydroxylation sites is 1. The highest BCUT2D eigenvalue weighted by atomic mass is 127. The molecule has 0 fully saturated rings. The second-order valence-corrected chi connectivity index (χ2v) is 7.08. The van der Waals surface area contributed by atoms with E-state index in [1.165, 1.54) is 5.56 Å². The molecule has 0 bridgehead atoms. The predicted molar refractivity (Wildman–Crippen MR) is 124 cm³/mol. The van der Waals surface area contributed by atoms with E-state index < -0.39 is 0 Å². The van der Waals surface area contributed by atoms with Crippen molar-refractivity contribution in [3.8, 4) is 5.75 Å². The Kier molecular flexibility index (Phi) is 8.56. The third-order valence-corrected chi connectivity index (χ3v) is 4.71. The van der Waals surface area contributed by atoms with E-state index in [1.807, 2.05) is 36.3 Å². The number of aromatic nitrogens is 2. The molecule has 2 heterocycles. The Morgan fingerprint density at radius 3 is 2.79 bits per heavy atom. The van der Waals surface area contributed by atoms with E-state index in [2.05, 4.69) is 53.8 Å². The molecule has 3 rings (SSSR count). The van der Waals surface area contributed by atoms with E-state index in [4.69, 9.17) is 9.73 Å². The molecule has 0 spiro atoms. The highest BCUT2D eigenvalue weighted by Gasteiger charge is 2.22. The Labute approximate surface area is 184 Å². The van der Waals surface area contributed by atoms with Crippen molar-refractivity contribution in [1.29, 1.82) is 0 Å². The SMILES string of the molecule is CCNC(=NCC(c1cnn(C)c1)N(C)C)NCC1Cc2ccccc2O1.I. The zero-order chi connectivity index (χ0) is 19.2. The molecule has 28 heavy (non-hydrogen) atoms. The van der Waals surface area contributed by atoms with E-state index >= 15 is 0 Å². The minimum atomic E-state index is 0. The summed E-state index contributed by atoms with van der Waals surface area (Å²) in [6, 6.07) is 8.42. The number of rotatable bonds is 7. The van der Waals surface area contributed by atoms with Crippen LogP contribution in [0.3, 0.4) is 0 Å². The Morgan fingerprint density at radius 1 is 1.36 bits per heavy atom. The number of nitrogens with one attached hydrogen (secondary N) is 2. The normalized spacial score (nSPS) is 16.9. The summed E-state index contributed by atoms with van der Waals surface area (Å²) in [5, 5.41) is 11.0. The lowest BCUT2D eigenvalue weighted by atomic mass is 10.1. The van der Waals surface area contributed by atoms with Crippen LogP contribution in [0.15, 0.2) is 41.7 Å². The van der Waals surface area contributed by atoms with E-state index in [1.54, 1.807) is 0 Å². The monoisotopic (exact) mass is 498 g/mol. The van der Waals surface area contributed by atoms with Gasteiger partial charge in [-0.05, 0) is 32.6 Å².